The highest BCUT2D eigenvalue weighted by atomic mass is 32.1. The van der Waals surface area contributed by atoms with Gasteiger partial charge in [-0.25, -0.2) is 4.98 Å². The summed E-state index contributed by atoms with van der Waals surface area (Å²) in [7, 11) is 2.01. The molecular weight excluding hydrogens is 282 g/mol. The van der Waals surface area contributed by atoms with Crippen molar-refractivity contribution in [2.75, 3.05) is 18.5 Å². The van der Waals surface area contributed by atoms with Crippen LogP contribution in [0.15, 0.2) is 23.6 Å². The average Bonchev–Trinajstić information content (AvgIpc) is 2.84. The Labute approximate surface area is 130 Å². The van der Waals surface area contributed by atoms with Crippen LogP contribution in [0.3, 0.4) is 0 Å². The van der Waals surface area contributed by atoms with Gasteiger partial charge in [0.2, 0.25) is 0 Å². The van der Waals surface area contributed by atoms with Crippen molar-refractivity contribution in [1.29, 1.82) is 0 Å². The van der Waals surface area contributed by atoms with Crippen molar-refractivity contribution >= 4 is 17.0 Å². The van der Waals surface area contributed by atoms with Gasteiger partial charge in [0, 0.05) is 35.8 Å². The summed E-state index contributed by atoms with van der Waals surface area (Å²) in [5, 5.41) is 16.7. The summed E-state index contributed by atoms with van der Waals surface area (Å²) < 4.78 is 0. The van der Waals surface area contributed by atoms with Crippen molar-refractivity contribution in [3.8, 4) is 5.75 Å². The van der Waals surface area contributed by atoms with Gasteiger partial charge in [0.25, 0.3) is 0 Å². The molecule has 0 fully saturated rings. The summed E-state index contributed by atoms with van der Waals surface area (Å²) >= 11 is 1.66. The number of thiazole rings is 1. The fourth-order valence-electron chi connectivity index (χ4n) is 2.37. The Morgan fingerprint density at radius 1 is 1.43 bits per heavy atom. The predicted molar refractivity (Wildman–Crippen MR) is 89.2 cm³/mol. The van der Waals surface area contributed by atoms with Gasteiger partial charge in [0.15, 0.2) is 0 Å². The molecule has 0 spiro atoms. The lowest BCUT2D eigenvalue weighted by Gasteiger charge is -2.21. The summed E-state index contributed by atoms with van der Waals surface area (Å²) in [6, 6.07) is 6.00. The number of phenolic OH excluding ortho intramolecular Hbond substituents is 1. The van der Waals surface area contributed by atoms with Crippen molar-refractivity contribution in [3.05, 3.63) is 39.8 Å². The number of hydrogen-bond acceptors (Lipinski definition) is 5. The van der Waals surface area contributed by atoms with E-state index in [1.807, 2.05) is 32.2 Å². The van der Waals surface area contributed by atoms with Crippen molar-refractivity contribution < 1.29 is 5.11 Å². The lowest BCUT2D eigenvalue weighted by molar-refractivity contribution is 0.454. The highest BCUT2D eigenvalue weighted by Crippen LogP contribution is 2.29. The maximum atomic E-state index is 10.2. The quantitative estimate of drug-likeness (QED) is 0.858. The molecule has 0 aliphatic rings. The highest BCUT2D eigenvalue weighted by molar-refractivity contribution is 7.09. The first-order chi connectivity index (χ1) is 10.0. The lowest BCUT2D eigenvalue weighted by atomic mass is 10.1. The van der Waals surface area contributed by atoms with Gasteiger partial charge in [-0.2, -0.15) is 0 Å². The number of hydrogen-bond donors (Lipinski definition) is 2. The molecule has 21 heavy (non-hydrogen) atoms. The average molecular weight is 305 g/mol. The first kappa shape index (κ1) is 15.8. The number of aryl methyl sites for hydroxylation is 1. The third kappa shape index (κ3) is 3.95. The van der Waals surface area contributed by atoms with E-state index in [2.05, 4.69) is 34.4 Å². The van der Waals surface area contributed by atoms with Crippen LogP contribution in [0.2, 0.25) is 0 Å². The summed E-state index contributed by atoms with van der Waals surface area (Å²) in [4.78, 5) is 6.57. The van der Waals surface area contributed by atoms with Crippen molar-refractivity contribution in [3.63, 3.8) is 0 Å². The first-order valence-electron chi connectivity index (χ1n) is 7.19. The van der Waals surface area contributed by atoms with Crippen LogP contribution in [0.1, 0.15) is 36.2 Å². The number of benzene rings is 1. The standard InChI is InChI=1S/C16H23N3OS/c1-5-17-11(2)15-7-6-14(8-16(15)20)19(4)9-13-10-21-12(3)18-13/h6-8,10-11,17,20H,5,9H2,1-4H3. The van der Waals surface area contributed by atoms with Crippen LogP contribution in [0, 0.1) is 6.92 Å². The van der Waals surface area contributed by atoms with E-state index >= 15 is 0 Å². The van der Waals surface area contributed by atoms with Gasteiger partial charge in [0.1, 0.15) is 5.75 Å². The van der Waals surface area contributed by atoms with Crippen LogP contribution in [0.5, 0.6) is 5.75 Å². The molecule has 1 atom stereocenters. The van der Waals surface area contributed by atoms with E-state index in [-0.39, 0.29) is 6.04 Å². The summed E-state index contributed by atoms with van der Waals surface area (Å²) in [6.45, 7) is 7.75. The number of aromatic nitrogens is 1. The van der Waals surface area contributed by atoms with Crippen LogP contribution in [-0.4, -0.2) is 23.7 Å². The minimum atomic E-state index is 0.149. The molecule has 114 valence electrons. The van der Waals surface area contributed by atoms with Gasteiger partial charge in [-0.15, -0.1) is 11.3 Å². The number of anilines is 1. The van der Waals surface area contributed by atoms with E-state index in [4.69, 9.17) is 0 Å². The third-order valence-electron chi connectivity index (χ3n) is 3.50. The molecule has 0 bridgehead atoms. The number of rotatable bonds is 6. The molecule has 1 unspecified atom stereocenters. The molecule has 2 aromatic rings. The van der Waals surface area contributed by atoms with Crippen LogP contribution in [-0.2, 0) is 6.54 Å². The van der Waals surface area contributed by atoms with Crippen molar-refractivity contribution in [2.45, 2.75) is 33.4 Å². The molecule has 2 rings (SSSR count). The fraction of sp³-hybridized carbons (Fsp3) is 0.438. The second-order valence-electron chi connectivity index (χ2n) is 5.24. The van der Waals surface area contributed by atoms with Gasteiger partial charge in [-0.1, -0.05) is 13.0 Å². The smallest absolute Gasteiger partial charge is 0.122 e. The van der Waals surface area contributed by atoms with Crippen molar-refractivity contribution in [2.24, 2.45) is 0 Å². The van der Waals surface area contributed by atoms with E-state index in [0.29, 0.717) is 5.75 Å². The molecular formula is C16H23N3OS. The maximum absolute atomic E-state index is 10.2. The molecule has 0 radical (unpaired) electrons. The van der Waals surface area contributed by atoms with Crippen LogP contribution >= 0.6 is 11.3 Å². The largest absolute Gasteiger partial charge is 0.508 e. The molecule has 1 aromatic carbocycles. The number of phenols is 1. The van der Waals surface area contributed by atoms with Crippen LogP contribution in [0.25, 0.3) is 0 Å². The molecule has 0 aliphatic heterocycles. The zero-order valence-electron chi connectivity index (χ0n) is 13.1. The first-order valence-corrected chi connectivity index (χ1v) is 8.07. The normalized spacial score (nSPS) is 12.4. The van der Waals surface area contributed by atoms with E-state index in [0.717, 1.165) is 35.0 Å². The van der Waals surface area contributed by atoms with E-state index in [1.165, 1.54) is 0 Å². The van der Waals surface area contributed by atoms with E-state index in [9.17, 15) is 5.11 Å². The van der Waals surface area contributed by atoms with Gasteiger partial charge < -0.3 is 15.3 Å². The minimum absolute atomic E-state index is 0.149. The Kier molecular flexibility index (Phi) is 5.20. The second kappa shape index (κ2) is 6.91. The molecule has 0 saturated heterocycles. The summed E-state index contributed by atoms with van der Waals surface area (Å²) in [5.74, 6) is 0.335. The molecule has 0 saturated carbocycles. The van der Waals surface area contributed by atoms with E-state index in [1.54, 1.807) is 11.3 Å². The van der Waals surface area contributed by atoms with E-state index < -0.39 is 0 Å². The molecule has 2 N–H and O–H groups in total. The Morgan fingerprint density at radius 2 is 2.19 bits per heavy atom. The van der Waals surface area contributed by atoms with Gasteiger partial charge in [0.05, 0.1) is 17.2 Å². The van der Waals surface area contributed by atoms with Crippen LogP contribution < -0.4 is 10.2 Å². The van der Waals surface area contributed by atoms with Gasteiger partial charge in [-0.05, 0) is 26.5 Å². The van der Waals surface area contributed by atoms with Gasteiger partial charge >= 0.3 is 0 Å². The Bertz CT molecular complexity index is 597. The Balaban J connectivity index is 2.11. The molecule has 4 nitrogen and oxygen atoms in total. The maximum Gasteiger partial charge on any atom is 0.122 e. The SMILES string of the molecule is CCNC(C)c1ccc(N(C)Cc2csc(C)n2)cc1O. The van der Waals surface area contributed by atoms with Crippen LogP contribution in [0.4, 0.5) is 5.69 Å². The third-order valence-corrected chi connectivity index (χ3v) is 4.32. The summed E-state index contributed by atoms with van der Waals surface area (Å²) in [6.07, 6.45) is 0. The number of nitrogens with one attached hydrogen (secondary N) is 1. The monoisotopic (exact) mass is 305 g/mol. The Hall–Kier alpha value is -1.59. The molecule has 1 heterocycles. The second-order valence-corrected chi connectivity index (χ2v) is 6.30. The Morgan fingerprint density at radius 3 is 2.76 bits per heavy atom. The highest BCUT2D eigenvalue weighted by Gasteiger charge is 2.12. The predicted octanol–water partition coefficient (Wildman–Crippen LogP) is 3.46. The zero-order valence-corrected chi connectivity index (χ0v) is 13.9. The molecule has 1 aromatic heterocycles. The topological polar surface area (TPSA) is 48.4 Å². The van der Waals surface area contributed by atoms with Crippen molar-refractivity contribution in [1.82, 2.24) is 10.3 Å². The molecule has 0 amide bonds. The number of nitrogens with zero attached hydrogens (tertiary/aromatic N) is 2. The summed E-state index contributed by atoms with van der Waals surface area (Å²) in [5.41, 5.74) is 2.98. The molecule has 0 aliphatic carbocycles. The minimum Gasteiger partial charge on any atom is -0.508 e. The van der Waals surface area contributed by atoms with Gasteiger partial charge in [-0.3, -0.25) is 0 Å². The fourth-order valence-corrected chi connectivity index (χ4v) is 2.97. The lowest BCUT2D eigenvalue weighted by Crippen LogP contribution is -2.19. The number of aromatic hydroxyl groups is 1. The zero-order chi connectivity index (χ0) is 15.4. The molecule has 5 heteroatoms.